The summed E-state index contributed by atoms with van der Waals surface area (Å²) >= 11 is 0. The molecule has 3 rings (SSSR count). The second kappa shape index (κ2) is 5.69. The number of allylic oxidation sites excluding steroid dienone is 1. The standard InChI is InChI=1S/C19H19NO3S/c1-12(2)9-16-15-7-5-13(3)10-19(15)20(4)18-8-6-14(11-17(16)18)24(21,22)23/h5-11H,1-4H3. The van der Waals surface area contributed by atoms with Crippen LogP contribution in [0.1, 0.15) is 25.0 Å². The molecule has 0 N–H and O–H groups in total. The van der Waals surface area contributed by atoms with Gasteiger partial charge in [0.1, 0.15) is 17.2 Å². The van der Waals surface area contributed by atoms with Crippen molar-refractivity contribution in [2.75, 3.05) is 0 Å². The van der Waals surface area contributed by atoms with Crippen molar-refractivity contribution >= 4 is 38.0 Å². The molecule has 0 bridgehead atoms. The van der Waals surface area contributed by atoms with E-state index in [0.29, 0.717) is 0 Å². The third-order valence-corrected chi connectivity index (χ3v) is 4.98. The average Bonchev–Trinajstić information content (AvgIpc) is 2.49. The molecule has 1 aromatic heterocycles. The molecule has 5 heteroatoms. The first-order chi connectivity index (χ1) is 11.2. The fraction of sp³-hybridized carbons (Fsp3) is 0.211. The van der Waals surface area contributed by atoms with Crippen LogP contribution < -0.4 is 4.57 Å². The number of fused-ring (bicyclic) bond motifs is 2. The van der Waals surface area contributed by atoms with Crippen LogP contribution in [0.25, 0.3) is 27.9 Å². The first-order valence-corrected chi connectivity index (χ1v) is 9.06. The third-order valence-electron chi connectivity index (χ3n) is 4.15. The van der Waals surface area contributed by atoms with Gasteiger partial charge in [0.15, 0.2) is 0 Å². The van der Waals surface area contributed by atoms with Crippen molar-refractivity contribution in [2.24, 2.45) is 7.05 Å². The molecule has 1 heterocycles. The van der Waals surface area contributed by atoms with Crippen LogP contribution in [0, 0.1) is 6.92 Å². The highest BCUT2D eigenvalue weighted by atomic mass is 32.2. The van der Waals surface area contributed by atoms with Crippen LogP contribution in [0.5, 0.6) is 0 Å². The Bertz CT molecular complexity index is 1110. The summed E-state index contributed by atoms with van der Waals surface area (Å²) in [5.41, 5.74) is 5.13. The van der Waals surface area contributed by atoms with Crippen LogP contribution in [-0.4, -0.2) is 13.0 Å². The van der Waals surface area contributed by atoms with Crippen molar-refractivity contribution in [1.29, 1.82) is 0 Å². The highest BCUT2D eigenvalue weighted by Gasteiger charge is 2.18. The average molecular weight is 341 g/mol. The van der Waals surface area contributed by atoms with Crippen LogP contribution in [0.2, 0.25) is 0 Å². The van der Waals surface area contributed by atoms with E-state index >= 15 is 0 Å². The lowest BCUT2D eigenvalue weighted by atomic mass is 9.99. The summed E-state index contributed by atoms with van der Waals surface area (Å²) < 4.78 is 36.3. The van der Waals surface area contributed by atoms with Gasteiger partial charge in [0.25, 0.3) is 0 Å². The lowest BCUT2D eigenvalue weighted by molar-refractivity contribution is -0.617. The minimum absolute atomic E-state index is 0.204. The van der Waals surface area contributed by atoms with E-state index in [9.17, 15) is 13.0 Å². The molecule has 0 saturated heterocycles. The third kappa shape index (κ3) is 2.81. The number of pyridine rings is 1. The van der Waals surface area contributed by atoms with Gasteiger partial charge in [-0.2, -0.15) is 4.57 Å². The molecular formula is C19H19NO3S. The summed E-state index contributed by atoms with van der Waals surface area (Å²) in [7, 11) is -2.55. The number of nitrogens with zero attached hydrogens (tertiary/aromatic N) is 1. The maximum Gasteiger partial charge on any atom is 0.213 e. The number of aromatic nitrogens is 1. The fourth-order valence-corrected chi connectivity index (χ4v) is 3.54. The number of aryl methyl sites for hydroxylation is 2. The summed E-state index contributed by atoms with van der Waals surface area (Å²) in [4.78, 5) is -0.204. The van der Waals surface area contributed by atoms with Gasteiger partial charge in [0.2, 0.25) is 11.0 Å². The van der Waals surface area contributed by atoms with Crippen molar-refractivity contribution in [2.45, 2.75) is 25.7 Å². The Balaban J connectivity index is 2.59. The highest BCUT2D eigenvalue weighted by Crippen LogP contribution is 2.29. The van der Waals surface area contributed by atoms with Gasteiger partial charge in [0, 0.05) is 17.7 Å². The summed E-state index contributed by atoms with van der Waals surface area (Å²) in [5, 5.41) is 1.78. The Hall–Kier alpha value is -2.24. The van der Waals surface area contributed by atoms with Gasteiger partial charge in [-0.1, -0.05) is 17.7 Å². The van der Waals surface area contributed by atoms with Crippen LogP contribution in [0.4, 0.5) is 0 Å². The van der Waals surface area contributed by atoms with Crippen molar-refractivity contribution in [1.82, 2.24) is 0 Å². The molecule has 0 aliphatic rings. The fourth-order valence-electron chi connectivity index (χ4n) is 3.04. The van der Waals surface area contributed by atoms with E-state index < -0.39 is 10.1 Å². The van der Waals surface area contributed by atoms with E-state index in [1.54, 1.807) is 6.07 Å². The topological polar surface area (TPSA) is 61.1 Å². The zero-order chi connectivity index (χ0) is 17.6. The molecule has 0 radical (unpaired) electrons. The van der Waals surface area contributed by atoms with Crippen molar-refractivity contribution in [3.63, 3.8) is 0 Å². The van der Waals surface area contributed by atoms with Gasteiger partial charge in [-0.25, -0.2) is 8.42 Å². The van der Waals surface area contributed by atoms with Gasteiger partial charge >= 0.3 is 0 Å². The molecule has 0 amide bonds. The van der Waals surface area contributed by atoms with Gasteiger partial charge in [-0.3, -0.25) is 0 Å². The number of hydrogen-bond donors (Lipinski definition) is 0. The minimum atomic E-state index is -4.49. The molecule has 24 heavy (non-hydrogen) atoms. The van der Waals surface area contributed by atoms with Crippen molar-refractivity contribution < 1.29 is 17.5 Å². The molecule has 0 fully saturated rings. The monoisotopic (exact) mass is 341 g/mol. The molecule has 3 aromatic rings. The summed E-state index contributed by atoms with van der Waals surface area (Å²) in [6.45, 7) is 6.03. The van der Waals surface area contributed by atoms with E-state index in [0.717, 1.165) is 38.5 Å². The zero-order valence-corrected chi connectivity index (χ0v) is 14.9. The normalized spacial score (nSPS) is 11.9. The molecule has 0 spiro atoms. The lowest BCUT2D eigenvalue weighted by Gasteiger charge is -2.11. The van der Waals surface area contributed by atoms with Gasteiger partial charge < -0.3 is 4.55 Å². The Morgan fingerprint density at radius 3 is 2.38 bits per heavy atom. The van der Waals surface area contributed by atoms with E-state index in [2.05, 4.69) is 6.07 Å². The van der Waals surface area contributed by atoms with Crippen molar-refractivity contribution in [3.05, 3.63) is 53.1 Å². The van der Waals surface area contributed by atoms with Gasteiger partial charge in [-0.05, 0) is 44.5 Å². The predicted molar refractivity (Wildman–Crippen MR) is 94.7 cm³/mol. The number of rotatable bonds is 2. The first-order valence-electron chi connectivity index (χ1n) is 7.65. The van der Waals surface area contributed by atoms with E-state index in [1.807, 2.05) is 50.6 Å². The zero-order valence-electron chi connectivity index (χ0n) is 14.1. The van der Waals surface area contributed by atoms with Crippen LogP contribution in [-0.2, 0) is 17.2 Å². The molecule has 4 nitrogen and oxygen atoms in total. The SMILES string of the molecule is CC(C)=Cc1c2cc(S(=O)(=O)[O-])ccc2[n+](C)c2cc(C)ccc12. The maximum atomic E-state index is 11.4. The van der Waals surface area contributed by atoms with E-state index in [1.165, 1.54) is 12.1 Å². The Kier molecular flexibility index (Phi) is 3.94. The lowest BCUT2D eigenvalue weighted by Crippen LogP contribution is -2.30. The summed E-state index contributed by atoms with van der Waals surface area (Å²) in [6.07, 6.45) is 2.03. The molecule has 0 unspecified atom stereocenters. The molecule has 0 saturated carbocycles. The molecule has 2 aromatic carbocycles. The Labute approximate surface area is 141 Å². The largest absolute Gasteiger partial charge is 0.744 e. The second-order valence-electron chi connectivity index (χ2n) is 6.35. The Morgan fingerprint density at radius 1 is 1.04 bits per heavy atom. The van der Waals surface area contributed by atoms with Crippen molar-refractivity contribution in [3.8, 4) is 0 Å². The van der Waals surface area contributed by atoms with Crippen LogP contribution in [0.3, 0.4) is 0 Å². The molecule has 124 valence electrons. The first kappa shape index (κ1) is 16.6. The maximum absolute atomic E-state index is 11.4. The van der Waals surface area contributed by atoms with Crippen LogP contribution in [0.15, 0.2) is 46.9 Å². The molecular weight excluding hydrogens is 322 g/mol. The molecule has 0 aliphatic carbocycles. The van der Waals surface area contributed by atoms with Gasteiger partial charge in [0.05, 0.1) is 15.7 Å². The van der Waals surface area contributed by atoms with E-state index in [-0.39, 0.29) is 4.90 Å². The summed E-state index contributed by atoms with van der Waals surface area (Å²) in [6, 6.07) is 10.7. The van der Waals surface area contributed by atoms with E-state index in [4.69, 9.17) is 0 Å². The molecule has 0 atom stereocenters. The highest BCUT2D eigenvalue weighted by molar-refractivity contribution is 7.85. The quantitative estimate of drug-likeness (QED) is 0.407. The second-order valence-corrected chi connectivity index (χ2v) is 7.73. The number of hydrogen-bond acceptors (Lipinski definition) is 3. The smallest absolute Gasteiger partial charge is 0.213 e. The molecule has 0 aliphatic heterocycles. The summed E-state index contributed by atoms with van der Waals surface area (Å²) in [5.74, 6) is 0. The Morgan fingerprint density at radius 2 is 1.75 bits per heavy atom. The minimum Gasteiger partial charge on any atom is -0.744 e. The van der Waals surface area contributed by atoms with Crippen LogP contribution >= 0.6 is 0 Å². The number of benzene rings is 2. The van der Waals surface area contributed by atoms with Gasteiger partial charge in [-0.15, -0.1) is 0 Å². The predicted octanol–water partition coefficient (Wildman–Crippen LogP) is 3.45.